The van der Waals surface area contributed by atoms with Gasteiger partial charge in [0.2, 0.25) is 0 Å². The summed E-state index contributed by atoms with van der Waals surface area (Å²) in [6.45, 7) is 7.40. The molecule has 0 saturated carbocycles. The Hall–Kier alpha value is -2.01. The van der Waals surface area contributed by atoms with Crippen molar-refractivity contribution in [2.75, 3.05) is 4.72 Å². The number of hydrogen-bond acceptors (Lipinski definition) is 3. The number of rotatable bonds is 3. The van der Waals surface area contributed by atoms with Crippen LogP contribution in [0, 0.1) is 27.7 Å². The number of phenolic OH excluding ortho intramolecular Hbond substituents is 1. The van der Waals surface area contributed by atoms with E-state index in [4.69, 9.17) is 0 Å². The lowest BCUT2D eigenvalue weighted by atomic mass is 10.0. The summed E-state index contributed by atoms with van der Waals surface area (Å²) >= 11 is 0. The van der Waals surface area contributed by atoms with Crippen LogP contribution in [0.25, 0.3) is 0 Å². The minimum absolute atomic E-state index is 0.0177. The third-order valence-electron chi connectivity index (χ3n) is 3.66. The first kappa shape index (κ1) is 15.4. The summed E-state index contributed by atoms with van der Waals surface area (Å²) in [5.74, 6) is 0.0177. The molecule has 112 valence electrons. The maximum atomic E-state index is 12.7. The number of benzene rings is 2. The van der Waals surface area contributed by atoms with Crippen LogP contribution in [-0.2, 0) is 10.0 Å². The predicted octanol–water partition coefficient (Wildman–Crippen LogP) is 3.43. The van der Waals surface area contributed by atoms with Crippen LogP contribution in [0.5, 0.6) is 5.75 Å². The van der Waals surface area contributed by atoms with E-state index in [0.29, 0.717) is 10.6 Å². The van der Waals surface area contributed by atoms with Crippen LogP contribution in [0.3, 0.4) is 0 Å². The monoisotopic (exact) mass is 305 g/mol. The molecule has 0 atom stereocenters. The summed E-state index contributed by atoms with van der Waals surface area (Å²) < 4.78 is 27.9. The first-order chi connectivity index (χ1) is 9.72. The van der Waals surface area contributed by atoms with E-state index in [0.717, 1.165) is 22.3 Å². The van der Waals surface area contributed by atoms with Gasteiger partial charge in [-0.2, -0.15) is 0 Å². The Kier molecular flexibility index (Phi) is 3.96. The van der Waals surface area contributed by atoms with Crippen molar-refractivity contribution < 1.29 is 13.5 Å². The number of hydrogen-bond donors (Lipinski definition) is 2. The lowest BCUT2D eigenvalue weighted by Crippen LogP contribution is -2.17. The summed E-state index contributed by atoms with van der Waals surface area (Å²) in [7, 11) is -3.70. The van der Waals surface area contributed by atoms with Gasteiger partial charge in [0, 0.05) is 6.07 Å². The molecule has 2 N–H and O–H groups in total. The van der Waals surface area contributed by atoms with Crippen LogP contribution in [0.15, 0.2) is 35.2 Å². The highest BCUT2D eigenvalue weighted by atomic mass is 32.2. The summed E-state index contributed by atoms with van der Waals surface area (Å²) in [5.41, 5.74) is 3.70. The third kappa shape index (κ3) is 3.03. The van der Waals surface area contributed by atoms with E-state index in [1.54, 1.807) is 26.0 Å². The van der Waals surface area contributed by atoms with Crippen LogP contribution in [0.2, 0.25) is 0 Å². The van der Waals surface area contributed by atoms with Crippen molar-refractivity contribution in [1.29, 1.82) is 0 Å². The first-order valence-corrected chi connectivity index (χ1v) is 8.10. The standard InChI is InChI=1S/C16H19NO3S/c1-10-8-11(2)13(4)16(12(10)3)21(19,20)17-14-6-5-7-15(18)9-14/h5-9,17-18H,1-4H3. The van der Waals surface area contributed by atoms with Gasteiger partial charge in [0.05, 0.1) is 10.6 Å². The van der Waals surface area contributed by atoms with Crippen molar-refractivity contribution in [3.8, 4) is 5.75 Å². The molecular weight excluding hydrogens is 286 g/mol. The van der Waals surface area contributed by atoms with Gasteiger partial charge in [0.15, 0.2) is 0 Å². The number of nitrogens with one attached hydrogen (secondary N) is 1. The lowest BCUT2D eigenvalue weighted by molar-refractivity contribution is 0.475. The van der Waals surface area contributed by atoms with Gasteiger partial charge >= 0.3 is 0 Å². The van der Waals surface area contributed by atoms with E-state index in [1.807, 2.05) is 19.9 Å². The van der Waals surface area contributed by atoms with Crippen molar-refractivity contribution in [2.24, 2.45) is 0 Å². The Labute approximate surface area is 125 Å². The fourth-order valence-corrected chi connectivity index (χ4v) is 4.03. The van der Waals surface area contributed by atoms with Gasteiger partial charge in [-0.3, -0.25) is 4.72 Å². The number of sulfonamides is 1. The molecule has 0 unspecified atom stereocenters. The fourth-order valence-electron chi connectivity index (χ4n) is 2.36. The highest BCUT2D eigenvalue weighted by Gasteiger charge is 2.22. The molecule has 0 amide bonds. The Morgan fingerprint density at radius 3 is 2.05 bits per heavy atom. The SMILES string of the molecule is Cc1cc(C)c(C)c(S(=O)(=O)Nc2cccc(O)c2)c1C. The molecule has 2 aromatic rings. The zero-order valence-corrected chi connectivity index (χ0v) is 13.4. The van der Waals surface area contributed by atoms with Crippen molar-refractivity contribution >= 4 is 15.7 Å². The van der Waals surface area contributed by atoms with E-state index >= 15 is 0 Å². The molecule has 0 bridgehead atoms. The Morgan fingerprint density at radius 1 is 0.952 bits per heavy atom. The zero-order chi connectivity index (χ0) is 15.8. The summed E-state index contributed by atoms with van der Waals surface area (Å²) in [5, 5.41) is 9.44. The second-order valence-corrected chi connectivity index (χ2v) is 6.86. The number of phenols is 1. The average Bonchev–Trinajstić information content (AvgIpc) is 2.35. The largest absolute Gasteiger partial charge is 0.508 e. The molecule has 2 aromatic carbocycles. The number of anilines is 1. The average molecular weight is 305 g/mol. The second kappa shape index (κ2) is 5.41. The van der Waals surface area contributed by atoms with E-state index < -0.39 is 10.0 Å². The second-order valence-electron chi connectivity index (χ2n) is 5.25. The van der Waals surface area contributed by atoms with Crippen molar-refractivity contribution in [2.45, 2.75) is 32.6 Å². The number of aromatic hydroxyl groups is 1. The topological polar surface area (TPSA) is 66.4 Å². The highest BCUT2D eigenvalue weighted by molar-refractivity contribution is 7.92. The fraction of sp³-hybridized carbons (Fsp3) is 0.250. The van der Waals surface area contributed by atoms with Gasteiger partial charge in [-0.15, -0.1) is 0 Å². The molecule has 0 aromatic heterocycles. The third-order valence-corrected chi connectivity index (χ3v) is 5.32. The maximum absolute atomic E-state index is 12.7. The minimum Gasteiger partial charge on any atom is -0.508 e. The zero-order valence-electron chi connectivity index (χ0n) is 12.6. The molecule has 0 aliphatic heterocycles. The van der Waals surface area contributed by atoms with E-state index in [-0.39, 0.29) is 5.75 Å². The van der Waals surface area contributed by atoms with E-state index in [9.17, 15) is 13.5 Å². The van der Waals surface area contributed by atoms with Crippen molar-refractivity contribution in [3.05, 3.63) is 52.6 Å². The van der Waals surface area contributed by atoms with Crippen molar-refractivity contribution in [1.82, 2.24) is 0 Å². The Morgan fingerprint density at radius 2 is 1.52 bits per heavy atom. The quantitative estimate of drug-likeness (QED) is 0.913. The van der Waals surface area contributed by atoms with Crippen LogP contribution in [0.4, 0.5) is 5.69 Å². The van der Waals surface area contributed by atoms with Crippen LogP contribution in [0.1, 0.15) is 22.3 Å². The minimum atomic E-state index is -3.70. The van der Waals surface area contributed by atoms with E-state index in [1.165, 1.54) is 12.1 Å². The van der Waals surface area contributed by atoms with Crippen molar-refractivity contribution in [3.63, 3.8) is 0 Å². The Bertz CT molecular complexity index is 769. The molecule has 0 spiro atoms. The summed E-state index contributed by atoms with van der Waals surface area (Å²) in [6.07, 6.45) is 0. The van der Waals surface area contributed by atoms with Gasteiger partial charge in [0.1, 0.15) is 5.75 Å². The van der Waals surface area contributed by atoms with Crippen LogP contribution in [-0.4, -0.2) is 13.5 Å². The predicted molar refractivity (Wildman–Crippen MR) is 84.3 cm³/mol. The molecule has 0 saturated heterocycles. The molecule has 2 rings (SSSR count). The summed E-state index contributed by atoms with van der Waals surface area (Å²) in [6, 6.07) is 8.05. The van der Waals surface area contributed by atoms with Crippen LogP contribution >= 0.6 is 0 Å². The lowest BCUT2D eigenvalue weighted by Gasteiger charge is -2.16. The van der Waals surface area contributed by atoms with Gasteiger partial charge in [0.25, 0.3) is 10.0 Å². The normalized spacial score (nSPS) is 11.4. The highest BCUT2D eigenvalue weighted by Crippen LogP contribution is 2.28. The molecule has 0 radical (unpaired) electrons. The first-order valence-electron chi connectivity index (χ1n) is 6.61. The Balaban J connectivity index is 2.55. The molecule has 21 heavy (non-hydrogen) atoms. The maximum Gasteiger partial charge on any atom is 0.262 e. The van der Waals surface area contributed by atoms with Gasteiger partial charge in [-0.05, 0) is 62.1 Å². The molecular formula is C16H19NO3S. The van der Waals surface area contributed by atoms with Gasteiger partial charge < -0.3 is 5.11 Å². The van der Waals surface area contributed by atoms with Crippen LogP contribution < -0.4 is 4.72 Å². The smallest absolute Gasteiger partial charge is 0.262 e. The molecule has 0 fully saturated rings. The summed E-state index contributed by atoms with van der Waals surface area (Å²) in [4.78, 5) is 0.309. The molecule has 0 aliphatic carbocycles. The molecule has 0 heterocycles. The van der Waals surface area contributed by atoms with Gasteiger partial charge in [-0.25, -0.2) is 8.42 Å². The number of aryl methyl sites for hydroxylation is 2. The molecule has 0 aliphatic rings. The van der Waals surface area contributed by atoms with E-state index in [2.05, 4.69) is 4.72 Å². The molecule has 4 nitrogen and oxygen atoms in total. The van der Waals surface area contributed by atoms with Gasteiger partial charge in [-0.1, -0.05) is 12.1 Å². The molecule has 5 heteroatoms.